The molecule has 0 fully saturated rings. The van der Waals surface area contributed by atoms with Crippen LogP contribution < -0.4 is 5.73 Å². The van der Waals surface area contributed by atoms with Gasteiger partial charge in [-0.1, -0.05) is 17.5 Å². The van der Waals surface area contributed by atoms with Crippen molar-refractivity contribution in [3.63, 3.8) is 0 Å². The van der Waals surface area contributed by atoms with Gasteiger partial charge in [-0.05, 0) is 19.1 Å². The molecule has 0 saturated heterocycles. The van der Waals surface area contributed by atoms with Gasteiger partial charge >= 0.3 is 5.97 Å². The van der Waals surface area contributed by atoms with Gasteiger partial charge in [0.1, 0.15) is 0 Å². The van der Waals surface area contributed by atoms with E-state index in [9.17, 15) is 4.79 Å². The molecule has 0 saturated carbocycles. The van der Waals surface area contributed by atoms with Crippen molar-refractivity contribution in [2.24, 2.45) is 0 Å². The fourth-order valence-corrected chi connectivity index (χ4v) is 1.35. The first-order valence-corrected chi connectivity index (χ1v) is 4.58. The van der Waals surface area contributed by atoms with Crippen LogP contribution in [0.5, 0.6) is 0 Å². The van der Waals surface area contributed by atoms with Crippen molar-refractivity contribution in [3.8, 4) is 11.8 Å². The number of esters is 1. The number of benzene rings is 1. The molecule has 0 radical (unpaired) electrons. The number of carbonyl (C=O) groups excluding carboxylic acids is 1. The summed E-state index contributed by atoms with van der Waals surface area (Å²) in [5, 5.41) is 0.405. The molecule has 3 nitrogen and oxygen atoms in total. The maximum atomic E-state index is 11.3. The van der Waals surface area contributed by atoms with Gasteiger partial charge in [0.05, 0.1) is 18.4 Å². The number of anilines is 1. The summed E-state index contributed by atoms with van der Waals surface area (Å²) in [6.07, 6.45) is 0. The summed E-state index contributed by atoms with van der Waals surface area (Å²) in [6.45, 7) is 1.68. The number of nitrogen functional groups attached to an aromatic ring is 1. The average molecular weight is 224 g/mol. The number of hydrogen-bond donors (Lipinski definition) is 1. The van der Waals surface area contributed by atoms with Gasteiger partial charge in [-0.25, -0.2) is 4.79 Å². The van der Waals surface area contributed by atoms with E-state index >= 15 is 0 Å². The molecule has 15 heavy (non-hydrogen) atoms. The first kappa shape index (κ1) is 11.4. The van der Waals surface area contributed by atoms with Crippen LogP contribution in [-0.4, -0.2) is 13.1 Å². The minimum Gasteiger partial charge on any atom is -0.465 e. The topological polar surface area (TPSA) is 52.3 Å². The van der Waals surface area contributed by atoms with E-state index in [0.717, 1.165) is 0 Å². The lowest BCUT2D eigenvalue weighted by Crippen LogP contribution is -2.07. The summed E-state index contributed by atoms with van der Waals surface area (Å²) in [5.41, 5.74) is 6.82. The Labute approximate surface area is 93.2 Å². The second-order valence-electron chi connectivity index (χ2n) is 2.78. The smallest absolute Gasteiger partial charge is 0.340 e. The molecule has 2 N–H and O–H groups in total. The van der Waals surface area contributed by atoms with Crippen molar-refractivity contribution in [1.29, 1.82) is 0 Å². The summed E-state index contributed by atoms with van der Waals surface area (Å²) in [5.74, 6) is 4.94. The van der Waals surface area contributed by atoms with E-state index in [0.29, 0.717) is 16.3 Å². The van der Waals surface area contributed by atoms with Crippen LogP contribution >= 0.6 is 11.6 Å². The Morgan fingerprint density at radius 2 is 2.20 bits per heavy atom. The fraction of sp³-hybridized carbons (Fsp3) is 0.182. The molecule has 1 aromatic carbocycles. The summed E-state index contributed by atoms with van der Waals surface area (Å²) < 4.78 is 4.58. The number of halogens is 1. The number of rotatable bonds is 1. The summed E-state index contributed by atoms with van der Waals surface area (Å²) >= 11 is 5.83. The lowest BCUT2D eigenvalue weighted by molar-refractivity contribution is 0.0602. The van der Waals surface area contributed by atoms with E-state index in [4.69, 9.17) is 17.3 Å². The van der Waals surface area contributed by atoms with Crippen molar-refractivity contribution in [1.82, 2.24) is 0 Å². The van der Waals surface area contributed by atoms with E-state index in [-0.39, 0.29) is 5.56 Å². The molecule has 1 aromatic rings. The third-order valence-corrected chi connectivity index (χ3v) is 2.03. The van der Waals surface area contributed by atoms with Crippen LogP contribution in [-0.2, 0) is 4.74 Å². The Morgan fingerprint density at radius 1 is 1.53 bits per heavy atom. The third-order valence-electron chi connectivity index (χ3n) is 1.81. The Bertz CT molecular complexity index is 458. The molecular formula is C11H10ClNO2. The first-order valence-electron chi connectivity index (χ1n) is 4.20. The summed E-state index contributed by atoms with van der Waals surface area (Å²) in [4.78, 5) is 11.3. The molecule has 1 rings (SSSR count). The monoisotopic (exact) mass is 223 g/mol. The van der Waals surface area contributed by atoms with Crippen LogP contribution in [0.4, 0.5) is 5.69 Å². The zero-order valence-electron chi connectivity index (χ0n) is 8.43. The highest BCUT2D eigenvalue weighted by Gasteiger charge is 2.13. The SMILES string of the molecule is CC#Cc1cc(Cl)cc(C(=O)OC)c1N. The van der Waals surface area contributed by atoms with Gasteiger partial charge in [-0.15, -0.1) is 5.92 Å². The molecule has 0 spiro atoms. The minimum atomic E-state index is -0.519. The number of carbonyl (C=O) groups is 1. The van der Waals surface area contributed by atoms with Crippen molar-refractivity contribution >= 4 is 23.3 Å². The van der Waals surface area contributed by atoms with Gasteiger partial charge in [0.2, 0.25) is 0 Å². The molecule has 0 atom stereocenters. The maximum absolute atomic E-state index is 11.3. The Kier molecular flexibility index (Phi) is 3.59. The molecular weight excluding hydrogens is 214 g/mol. The van der Waals surface area contributed by atoms with Crippen molar-refractivity contribution < 1.29 is 9.53 Å². The van der Waals surface area contributed by atoms with Crippen molar-refractivity contribution in [2.75, 3.05) is 12.8 Å². The molecule has 0 aromatic heterocycles. The van der Waals surface area contributed by atoms with Gasteiger partial charge in [0, 0.05) is 10.6 Å². The highest BCUT2D eigenvalue weighted by Crippen LogP contribution is 2.23. The highest BCUT2D eigenvalue weighted by atomic mass is 35.5. The Morgan fingerprint density at radius 3 is 2.73 bits per heavy atom. The second-order valence-corrected chi connectivity index (χ2v) is 3.22. The van der Waals surface area contributed by atoms with Crippen LogP contribution in [0.2, 0.25) is 5.02 Å². The number of hydrogen-bond acceptors (Lipinski definition) is 3. The Hall–Kier alpha value is -1.66. The molecule has 0 aliphatic heterocycles. The lowest BCUT2D eigenvalue weighted by atomic mass is 10.1. The van der Waals surface area contributed by atoms with Crippen molar-refractivity contribution in [2.45, 2.75) is 6.92 Å². The van der Waals surface area contributed by atoms with E-state index in [1.807, 2.05) is 0 Å². The first-order chi connectivity index (χ1) is 7.10. The third kappa shape index (κ3) is 2.42. The van der Waals surface area contributed by atoms with Gasteiger partial charge in [0.15, 0.2) is 0 Å². The Balaban J connectivity index is 3.38. The van der Waals surface area contributed by atoms with E-state index in [1.165, 1.54) is 13.2 Å². The molecule has 0 heterocycles. The second kappa shape index (κ2) is 4.72. The molecule has 0 unspecified atom stereocenters. The van der Waals surface area contributed by atoms with Gasteiger partial charge in [-0.3, -0.25) is 0 Å². The standard InChI is InChI=1S/C11H10ClNO2/c1-3-4-7-5-8(12)6-9(10(7)13)11(14)15-2/h5-6H,13H2,1-2H3. The minimum absolute atomic E-state index is 0.239. The fourth-order valence-electron chi connectivity index (χ4n) is 1.13. The summed E-state index contributed by atoms with van der Waals surface area (Å²) in [7, 11) is 1.29. The number of nitrogens with two attached hydrogens (primary N) is 1. The predicted molar refractivity (Wildman–Crippen MR) is 59.8 cm³/mol. The van der Waals surface area contributed by atoms with Crippen LogP contribution in [0.25, 0.3) is 0 Å². The predicted octanol–water partition coefficient (Wildman–Crippen LogP) is 2.08. The largest absolute Gasteiger partial charge is 0.465 e. The van der Waals surface area contributed by atoms with Gasteiger partial charge < -0.3 is 10.5 Å². The van der Waals surface area contributed by atoms with Crippen LogP contribution in [0.3, 0.4) is 0 Å². The lowest BCUT2D eigenvalue weighted by Gasteiger charge is -2.06. The van der Waals surface area contributed by atoms with Crippen LogP contribution in [0.1, 0.15) is 22.8 Å². The summed E-state index contributed by atoms with van der Waals surface area (Å²) in [6, 6.07) is 3.07. The molecule has 4 heteroatoms. The molecule has 0 amide bonds. The number of methoxy groups -OCH3 is 1. The molecule has 78 valence electrons. The molecule has 0 aliphatic rings. The zero-order chi connectivity index (χ0) is 11.4. The van der Waals surface area contributed by atoms with Crippen molar-refractivity contribution in [3.05, 3.63) is 28.3 Å². The zero-order valence-corrected chi connectivity index (χ0v) is 9.18. The average Bonchev–Trinajstić information content (AvgIpc) is 2.22. The quantitative estimate of drug-likeness (QED) is 0.451. The normalized spacial score (nSPS) is 9.00. The highest BCUT2D eigenvalue weighted by molar-refractivity contribution is 6.31. The van der Waals surface area contributed by atoms with Crippen LogP contribution in [0.15, 0.2) is 12.1 Å². The van der Waals surface area contributed by atoms with Gasteiger partial charge in [0.25, 0.3) is 0 Å². The maximum Gasteiger partial charge on any atom is 0.340 e. The van der Waals surface area contributed by atoms with E-state index < -0.39 is 5.97 Å². The number of ether oxygens (including phenoxy) is 1. The van der Waals surface area contributed by atoms with E-state index in [1.54, 1.807) is 13.0 Å². The van der Waals surface area contributed by atoms with Crippen LogP contribution in [0, 0.1) is 11.8 Å². The van der Waals surface area contributed by atoms with E-state index in [2.05, 4.69) is 16.6 Å². The molecule has 0 aliphatic carbocycles. The van der Waals surface area contributed by atoms with Gasteiger partial charge in [-0.2, -0.15) is 0 Å². The molecule has 0 bridgehead atoms.